The number of aryl methyl sites for hydroxylation is 2. The molecule has 25 heavy (non-hydrogen) atoms. The Hall–Kier alpha value is -2.78. The first-order valence-electron chi connectivity index (χ1n) is 8.33. The number of fused-ring (bicyclic) bond motifs is 1. The zero-order valence-electron chi connectivity index (χ0n) is 14.4. The van der Waals surface area contributed by atoms with Gasteiger partial charge < -0.3 is 9.88 Å². The molecule has 0 saturated carbocycles. The van der Waals surface area contributed by atoms with E-state index >= 15 is 0 Å². The molecule has 1 aliphatic heterocycles. The summed E-state index contributed by atoms with van der Waals surface area (Å²) < 4.78 is 3.43. The highest BCUT2D eigenvalue weighted by Crippen LogP contribution is 2.21. The van der Waals surface area contributed by atoms with Crippen LogP contribution in [0.1, 0.15) is 42.3 Å². The van der Waals surface area contributed by atoms with Gasteiger partial charge in [0.15, 0.2) is 5.82 Å². The molecule has 1 amide bonds. The molecular weight excluding hydrogens is 326 g/mol. The van der Waals surface area contributed by atoms with Crippen LogP contribution in [0.5, 0.6) is 0 Å². The smallest absolute Gasteiger partial charge is 0.312 e. The van der Waals surface area contributed by atoms with Gasteiger partial charge in [-0.15, -0.1) is 10.2 Å². The highest BCUT2D eigenvalue weighted by atomic mass is 16.6. The summed E-state index contributed by atoms with van der Waals surface area (Å²) in [5.41, 5.74) is 0.627. The molecule has 2 aromatic rings. The van der Waals surface area contributed by atoms with Crippen molar-refractivity contribution >= 4 is 11.6 Å². The van der Waals surface area contributed by atoms with E-state index in [4.69, 9.17) is 0 Å². The molecule has 1 N–H and O–H groups in total. The first kappa shape index (κ1) is 17.1. The summed E-state index contributed by atoms with van der Waals surface area (Å²) in [4.78, 5) is 22.7. The Labute approximate surface area is 144 Å². The van der Waals surface area contributed by atoms with E-state index in [1.165, 1.54) is 11.1 Å². The van der Waals surface area contributed by atoms with E-state index in [2.05, 4.69) is 25.2 Å². The van der Waals surface area contributed by atoms with Gasteiger partial charge in [-0.05, 0) is 26.7 Å². The van der Waals surface area contributed by atoms with E-state index in [0.717, 1.165) is 37.5 Å². The number of nitrogens with zero attached hydrogens (tertiary/aromatic N) is 6. The molecule has 0 aliphatic carbocycles. The number of hydrogen-bond acceptors (Lipinski definition) is 6. The van der Waals surface area contributed by atoms with Crippen LogP contribution in [0, 0.1) is 24.0 Å². The maximum absolute atomic E-state index is 12.2. The maximum Gasteiger partial charge on any atom is 0.312 e. The van der Waals surface area contributed by atoms with Crippen molar-refractivity contribution in [3.8, 4) is 0 Å². The van der Waals surface area contributed by atoms with Gasteiger partial charge in [-0.3, -0.25) is 19.6 Å². The SMILES string of the molecule is Cc1nn(CC(=O)NCc2nnc3n2CCCCC3)c(C)c1[N+](=O)[O-]. The van der Waals surface area contributed by atoms with Gasteiger partial charge in [-0.2, -0.15) is 5.10 Å². The van der Waals surface area contributed by atoms with E-state index in [9.17, 15) is 14.9 Å². The summed E-state index contributed by atoms with van der Waals surface area (Å²) in [7, 11) is 0. The van der Waals surface area contributed by atoms with Gasteiger partial charge in [-0.25, -0.2) is 0 Å². The van der Waals surface area contributed by atoms with Gasteiger partial charge in [0.1, 0.15) is 23.8 Å². The predicted molar refractivity (Wildman–Crippen MR) is 87.8 cm³/mol. The average molecular weight is 347 g/mol. The number of nitrogens with one attached hydrogen (secondary N) is 1. The molecule has 0 atom stereocenters. The number of aromatic nitrogens is 5. The Bertz CT molecular complexity index is 808. The number of amides is 1. The van der Waals surface area contributed by atoms with Gasteiger partial charge in [0, 0.05) is 13.0 Å². The standard InChI is InChI=1S/C15H21N7O3/c1-10-15(22(24)25)11(2)21(19-10)9-14(23)16-8-13-18-17-12-6-4-3-5-7-20(12)13/h3-9H2,1-2H3,(H,16,23). The molecule has 3 rings (SSSR count). The summed E-state index contributed by atoms with van der Waals surface area (Å²) in [6, 6.07) is 0. The van der Waals surface area contributed by atoms with Crippen LogP contribution in [-0.4, -0.2) is 35.4 Å². The first-order chi connectivity index (χ1) is 12.0. The Morgan fingerprint density at radius 3 is 2.80 bits per heavy atom. The van der Waals surface area contributed by atoms with E-state index in [1.807, 2.05) is 0 Å². The minimum atomic E-state index is -0.475. The third kappa shape index (κ3) is 3.52. The molecule has 0 fully saturated rings. The minimum absolute atomic E-state index is 0.0458. The Kier molecular flexibility index (Phi) is 4.77. The summed E-state index contributed by atoms with van der Waals surface area (Å²) >= 11 is 0. The van der Waals surface area contributed by atoms with Gasteiger partial charge in [0.25, 0.3) is 0 Å². The fraction of sp³-hybridized carbons (Fsp3) is 0.600. The third-order valence-corrected chi connectivity index (χ3v) is 4.45. The molecule has 0 saturated heterocycles. The molecular formula is C15H21N7O3. The van der Waals surface area contributed by atoms with Crippen molar-refractivity contribution in [2.45, 2.75) is 59.2 Å². The lowest BCUT2D eigenvalue weighted by molar-refractivity contribution is -0.386. The molecule has 0 aromatic carbocycles. The monoisotopic (exact) mass is 347 g/mol. The molecule has 0 radical (unpaired) electrons. The molecule has 0 bridgehead atoms. The molecule has 10 heteroatoms. The van der Waals surface area contributed by atoms with Crippen molar-refractivity contribution in [1.29, 1.82) is 0 Å². The van der Waals surface area contributed by atoms with Crippen LogP contribution in [-0.2, 0) is 30.8 Å². The van der Waals surface area contributed by atoms with Crippen LogP contribution in [0.15, 0.2) is 0 Å². The second-order valence-corrected chi connectivity index (χ2v) is 6.21. The highest BCUT2D eigenvalue weighted by molar-refractivity contribution is 5.75. The topological polar surface area (TPSA) is 121 Å². The van der Waals surface area contributed by atoms with Crippen molar-refractivity contribution in [3.05, 3.63) is 33.2 Å². The van der Waals surface area contributed by atoms with Crippen LogP contribution >= 0.6 is 0 Å². The number of hydrogen-bond donors (Lipinski definition) is 1. The normalized spacial score (nSPS) is 14.0. The van der Waals surface area contributed by atoms with Crippen LogP contribution in [0.4, 0.5) is 5.69 Å². The van der Waals surface area contributed by atoms with Gasteiger partial charge in [0.05, 0.1) is 11.5 Å². The van der Waals surface area contributed by atoms with E-state index in [0.29, 0.717) is 11.4 Å². The van der Waals surface area contributed by atoms with Crippen molar-refractivity contribution in [1.82, 2.24) is 29.9 Å². The van der Waals surface area contributed by atoms with Crippen LogP contribution in [0.25, 0.3) is 0 Å². The molecule has 0 spiro atoms. The first-order valence-corrected chi connectivity index (χ1v) is 8.33. The fourth-order valence-electron chi connectivity index (χ4n) is 3.15. The van der Waals surface area contributed by atoms with E-state index < -0.39 is 4.92 Å². The van der Waals surface area contributed by atoms with E-state index in [-0.39, 0.29) is 24.7 Å². The summed E-state index contributed by atoms with van der Waals surface area (Å²) in [5.74, 6) is 1.44. The van der Waals surface area contributed by atoms with Crippen LogP contribution < -0.4 is 5.32 Å². The second kappa shape index (κ2) is 6.99. The Morgan fingerprint density at radius 2 is 2.08 bits per heavy atom. The molecule has 2 aromatic heterocycles. The molecule has 1 aliphatic rings. The maximum atomic E-state index is 12.2. The number of nitro groups is 1. The molecule has 10 nitrogen and oxygen atoms in total. The van der Waals surface area contributed by atoms with Gasteiger partial charge in [-0.1, -0.05) is 6.42 Å². The van der Waals surface area contributed by atoms with Crippen molar-refractivity contribution < 1.29 is 9.72 Å². The number of carbonyl (C=O) groups excluding carboxylic acids is 1. The molecule has 0 unspecified atom stereocenters. The molecule has 3 heterocycles. The van der Waals surface area contributed by atoms with Gasteiger partial charge in [0.2, 0.25) is 5.91 Å². The minimum Gasteiger partial charge on any atom is -0.347 e. The largest absolute Gasteiger partial charge is 0.347 e. The van der Waals surface area contributed by atoms with E-state index in [1.54, 1.807) is 13.8 Å². The zero-order valence-corrected chi connectivity index (χ0v) is 14.4. The van der Waals surface area contributed by atoms with Crippen molar-refractivity contribution in [3.63, 3.8) is 0 Å². The van der Waals surface area contributed by atoms with Crippen molar-refractivity contribution in [2.75, 3.05) is 0 Å². The lowest BCUT2D eigenvalue weighted by Crippen LogP contribution is -2.29. The molecule has 134 valence electrons. The quantitative estimate of drug-likeness (QED) is 0.637. The summed E-state index contributed by atoms with van der Waals surface area (Å²) in [5, 5.41) is 26.3. The fourth-order valence-corrected chi connectivity index (χ4v) is 3.15. The van der Waals surface area contributed by atoms with Crippen LogP contribution in [0.2, 0.25) is 0 Å². The zero-order chi connectivity index (χ0) is 18.0. The summed E-state index contributed by atoms with van der Waals surface area (Å²) in [6.07, 6.45) is 4.28. The lowest BCUT2D eigenvalue weighted by Gasteiger charge is -2.08. The van der Waals surface area contributed by atoms with Crippen molar-refractivity contribution in [2.24, 2.45) is 0 Å². The lowest BCUT2D eigenvalue weighted by atomic mass is 10.2. The second-order valence-electron chi connectivity index (χ2n) is 6.21. The number of carbonyl (C=O) groups is 1. The van der Waals surface area contributed by atoms with Gasteiger partial charge >= 0.3 is 5.69 Å². The Balaban J connectivity index is 1.64. The summed E-state index contributed by atoms with van der Waals surface area (Å²) in [6.45, 7) is 4.24. The Morgan fingerprint density at radius 1 is 1.28 bits per heavy atom. The number of rotatable bonds is 5. The average Bonchev–Trinajstić information content (AvgIpc) is 2.95. The third-order valence-electron chi connectivity index (χ3n) is 4.45. The predicted octanol–water partition coefficient (Wildman–Crippen LogP) is 1.04. The highest BCUT2D eigenvalue weighted by Gasteiger charge is 2.23. The van der Waals surface area contributed by atoms with Crippen LogP contribution in [0.3, 0.4) is 0 Å².